The Bertz CT molecular complexity index is 1560. The SMILES string of the molecule is C[C@H](NC(=O)[C@H](CC(=O)NO)NC(=O)C(=O)c1c[nH]c2ccccc12)C(=O)NCc1cccc2ccccc12. The Kier molecular flexibility index (Phi) is 8.32. The molecule has 4 aromatic rings. The second-order valence-electron chi connectivity index (χ2n) is 8.93. The highest BCUT2D eigenvalue weighted by Crippen LogP contribution is 2.19. The van der Waals surface area contributed by atoms with E-state index >= 15 is 0 Å². The smallest absolute Gasteiger partial charge is 0.293 e. The van der Waals surface area contributed by atoms with Gasteiger partial charge < -0.3 is 20.9 Å². The molecule has 4 amide bonds. The van der Waals surface area contributed by atoms with Crippen molar-refractivity contribution in [1.29, 1.82) is 0 Å². The van der Waals surface area contributed by atoms with Gasteiger partial charge in [-0.1, -0.05) is 60.7 Å². The van der Waals surface area contributed by atoms with Crippen LogP contribution in [0.1, 0.15) is 29.3 Å². The number of rotatable bonds is 10. The maximum atomic E-state index is 12.9. The number of carbonyl (C=O) groups is 5. The van der Waals surface area contributed by atoms with Crippen LogP contribution in [0.2, 0.25) is 0 Å². The van der Waals surface area contributed by atoms with Crippen molar-refractivity contribution in [1.82, 2.24) is 26.4 Å². The Morgan fingerprint density at radius 2 is 1.54 bits per heavy atom. The van der Waals surface area contributed by atoms with E-state index in [-0.39, 0.29) is 12.1 Å². The highest BCUT2D eigenvalue weighted by atomic mass is 16.5. The van der Waals surface area contributed by atoms with Gasteiger partial charge in [-0.2, -0.15) is 0 Å². The Hall–Kier alpha value is -5.03. The van der Waals surface area contributed by atoms with Gasteiger partial charge in [-0.15, -0.1) is 0 Å². The van der Waals surface area contributed by atoms with E-state index in [9.17, 15) is 24.0 Å². The van der Waals surface area contributed by atoms with Crippen molar-refractivity contribution < 1.29 is 29.2 Å². The van der Waals surface area contributed by atoms with Gasteiger partial charge in [0.1, 0.15) is 12.1 Å². The summed E-state index contributed by atoms with van der Waals surface area (Å²) in [7, 11) is 0. The second kappa shape index (κ2) is 12.0. The Labute approximate surface area is 222 Å². The summed E-state index contributed by atoms with van der Waals surface area (Å²) in [5.41, 5.74) is 3.02. The van der Waals surface area contributed by atoms with E-state index in [1.54, 1.807) is 24.3 Å². The minimum Gasteiger partial charge on any atom is -0.360 e. The van der Waals surface area contributed by atoms with Crippen LogP contribution in [0.15, 0.2) is 72.9 Å². The number of para-hydroxylation sites is 1. The van der Waals surface area contributed by atoms with Crippen LogP contribution in [-0.2, 0) is 25.7 Å². The van der Waals surface area contributed by atoms with E-state index in [1.807, 2.05) is 42.5 Å². The first-order chi connectivity index (χ1) is 18.8. The Morgan fingerprint density at radius 1 is 0.846 bits per heavy atom. The zero-order valence-corrected chi connectivity index (χ0v) is 21.0. The maximum absolute atomic E-state index is 12.9. The molecule has 0 spiro atoms. The number of hydrogen-bond acceptors (Lipinski definition) is 6. The van der Waals surface area contributed by atoms with Crippen LogP contribution in [0.4, 0.5) is 0 Å². The molecule has 4 rings (SSSR count). The fourth-order valence-electron chi connectivity index (χ4n) is 4.21. The standard InChI is InChI=1S/C28H27N5O6/c1-16(26(36)30-14-18-9-6-8-17-7-2-3-10-19(17)18)31-27(37)23(13-24(34)33-39)32-28(38)25(35)21-15-29-22-12-5-4-11-20(21)22/h2-12,15-16,23,29,39H,13-14H2,1H3,(H,30,36)(H,31,37)(H,32,38)(H,33,34)/t16-,23-/m0/s1. The van der Waals surface area contributed by atoms with E-state index in [2.05, 4.69) is 20.9 Å². The third-order valence-corrected chi connectivity index (χ3v) is 6.26. The molecule has 3 aromatic carbocycles. The van der Waals surface area contributed by atoms with Crippen LogP contribution >= 0.6 is 0 Å². The van der Waals surface area contributed by atoms with E-state index in [0.29, 0.717) is 10.9 Å². The number of ketones is 1. The molecule has 200 valence electrons. The number of aromatic amines is 1. The molecular formula is C28H27N5O6. The molecule has 0 aliphatic rings. The van der Waals surface area contributed by atoms with Gasteiger partial charge in [0.15, 0.2) is 0 Å². The van der Waals surface area contributed by atoms with Gasteiger partial charge in [0.25, 0.3) is 11.7 Å². The zero-order valence-electron chi connectivity index (χ0n) is 21.0. The molecule has 0 fully saturated rings. The van der Waals surface area contributed by atoms with Crippen LogP contribution in [0, 0.1) is 0 Å². The minimum absolute atomic E-state index is 0.0926. The van der Waals surface area contributed by atoms with Gasteiger partial charge in [-0.3, -0.25) is 29.2 Å². The molecule has 11 nitrogen and oxygen atoms in total. The van der Waals surface area contributed by atoms with Gasteiger partial charge in [0.05, 0.1) is 12.0 Å². The maximum Gasteiger partial charge on any atom is 0.293 e. The Morgan fingerprint density at radius 3 is 2.31 bits per heavy atom. The fourth-order valence-corrected chi connectivity index (χ4v) is 4.21. The fraction of sp³-hybridized carbons (Fsp3) is 0.179. The lowest BCUT2D eigenvalue weighted by Gasteiger charge is -2.20. The molecule has 11 heteroatoms. The molecule has 0 saturated heterocycles. The predicted molar refractivity (Wildman–Crippen MR) is 143 cm³/mol. The van der Waals surface area contributed by atoms with Gasteiger partial charge in [-0.05, 0) is 29.3 Å². The van der Waals surface area contributed by atoms with Crippen molar-refractivity contribution in [2.24, 2.45) is 0 Å². The van der Waals surface area contributed by atoms with Gasteiger partial charge in [0.2, 0.25) is 17.7 Å². The van der Waals surface area contributed by atoms with Crippen LogP contribution in [0.3, 0.4) is 0 Å². The highest BCUT2D eigenvalue weighted by Gasteiger charge is 2.30. The van der Waals surface area contributed by atoms with Crippen LogP contribution in [-0.4, -0.2) is 51.7 Å². The third-order valence-electron chi connectivity index (χ3n) is 6.26. The van der Waals surface area contributed by atoms with Crippen molar-refractivity contribution in [2.45, 2.75) is 32.0 Å². The lowest BCUT2D eigenvalue weighted by molar-refractivity contribution is -0.135. The molecular weight excluding hydrogens is 502 g/mol. The van der Waals surface area contributed by atoms with Crippen molar-refractivity contribution in [3.05, 3.63) is 84.1 Å². The van der Waals surface area contributed by atoms with Crippen molar-refractivity contribution in [2.75, 3.05) is 0 Å². The molecule has 0 bridgehead atoms. The number of hydroxylamine groups is 1. The largest absolute Gasteiger partial charge is 0.360 e. The molecule has 0 unspecified atom stereocenters. The van der Waals surface area contributed by atoms with Crippen molar-refractivity contribution >= 4 is 51.1 Å². The first-order valence-corrected chi connectivity index (χ1v) is 12.2. The first-order valence-electron chi connectivity index (χ1n) is 12.2. The molecule has 1 aromatic heterocycles. The molecule has 6 N–H and O–H groups in total. The van der Waals surface area contributed by atoms with Gasteiger partial charge in [0, 0.05) is 23.6 Å². The summed E-state index contributed by atoms with van der Waals surface area (Å²) < 4.78 is 0. The molecule has 0 aliphatic heterocycles. The molecule has 1 heterocycles. The summed E-state index contributed by atoms with van der Waals surface area (Å²) in [6.07, 6.45) is 0.712. The van der Waals surface area contributed by atoms with Gasteiger partial charge in [-0.25, -0.2) is 5.48 Å². The van der Waals surface area contributed by atoms with E-state index in [1.165, 1.54) is 18.6 Å². The topological polar surface area (TPSA) is 169 Å². The average molecular weight is 530 g/mol. The number of nitrogens with one attached hydrogen (secondary N) is 5. The quantitative estimate of drug-likeness (QED) is 0.0791. The highest BCUT2D eigenvalue weighted by molar-refractivity contribution is 6.45. The number of fused-ring (bicyclic) bond motifs is 2. The summed E-state index contributed by atoms with van der Waals surface area (Å²) in [5, 5.41) is 18.9. The summed E-state index contributed by atoms with van der Waals surface area (Å²) in [6.45, 7) is 1.66. The average Bonchev–Trinajstić information content (AvgIpc) is 3.39. The summed E-state index contributed by atoms with van der Waals surface area (Å²) in [5.74, 6) is -4.40. The van der Waals surface area contributed by atoms with Crippen LogP contribution < -0.4 is 21.4 Å². The van der Waals surface area contributed by atoms with Crippen molar-refractivity contribution in [3.63, 3.8) is 0 Å². The lowest BCUT2D eigenvalue weighted by atomic mass is 10.0. The second-order valence-corrected chi connectivity index (χ2v) is 8.93. The molecule has 2 atom stereocenters. The first kappa shape index (κ1) is 27.0. The van der Waals surface area contributed by atoms with Gasteiger partial charge >= 0.3 is 0 Å². The predicted octanol–water partition coefficient (Wildman–Crippen LogP) is 1.71. The summed E-state index contributed by atoms with van der Waals surface area (Å²) in [4.78, 5) is 65.9. The van der Waals surface area contributed by atoms with E-state index in [0.717, 1.165) is 16.3 Å². The van der Waals surface area contributed by atoms with E-state index < -0.39 is 47.9 Å². The zero-order chi connectivity index (χ0) is 27.9. The van der Waals surface area contributed by atoms with Crippen LogP contribution in [0.5, 0.6) is 0 Å². The number of H-pyrrole nitrogens is 1. The molecule has 39 heavy (non-hydrogen) atoms. The number of amides is 4. The lowest BCUT2D eigenvalue weighted by Crippen LogP contribution is -2.54. The van der Waals surface area contributed by atoms with Crippen LogP contribution in [0.25, 0.3) is 21.7 Å². The number of hydrogen-bond donors (Lipinski definition) is 6. The Balaban J connectivity index is 1.40. The van der Waals surface area contributed by atoms with E-state index in [4.69, 9.17) is 5.21 Å². The molecule has 0 radical (unpaired) electrons. The number of Topliss-reactive ketones (excluding diaryl/α,β-unsaturated/α-hetero) is 1. The number of benzene rings is 3. The molecule has 0 saturated carbocycles. The third kappa shape index (κ3) is 6.28. The minimum atomic E-state index is -1.54. The number of aromatic nitrogens is 1. The molecule has 0 aliphatic carbocycles. The monoisotopic (exact) mass is 529 g/mol. The van der Waals surface area contributed by atoms with Crippen molar-refractivity contribution in [3.8, 4) is 0 Å². The number of carbonyl (C=O) groups excluding carboxylic acids is 5. The summed E-state index contributed by atoms with van der Waals surface area (Å²) in [6, 6.07) is 17.8. The normalized spacial score (nSPS) is 12.4. The summed E-state index contributed by atoms with van der Waals surface area (Å²) >= 11 is 0.